The first-order valence-electron chi connectivity index (χ1n) is 6.43. The molecule has 3 rings (SSSR count). The summed E-state index contributed by atoms with van der Waals surface area (Å²) in [5.41, 5.74) is 0.214. The Morgan fingerprint density at radius 1 is 1.28 bits per heavy atom. The molecule has 98 valence electrons. The third kappa shape index (κ3) is 2.10. The number of hydrogen-bond acceptors (Lipinski definition) is 3. The summed E-state index contributed by atoms with van der Waals surface area (Å²) in [5, 5.41) is 10.2. The highest BCUT2D eigenvalue weighted by Crippen LogP contribution is 2.44. The molecule has 2 aliphatic heterocycles. The van der Waals surface area contributed by atoms with Crippen LogP contribution in [0.4, 0.5) is 4.39 Å². The van der Waals surface area contributed by atoms with E-state index in [1.807, 2.05) is 0 Å². The van der Waals surface area contributed by atoms with Crippen molar-refractivity contribution in [1.82, 2.24) is 0 Å². The van der Waals surface area contributed by atoms with E-state index < -0.39 is 6.10 Å². The Labute approximate surface area is 106 Å². The largest absolute Gasteiger partial charge is 0.487 e. The Hall–Kier alpha value is -1.13. The lowest BCUT2D eigenvalue weighted by Crippen LogP contribution is -2.41. The van der Waals surface area contributed by atoms with E-state index in [9.17, 15) is 9.50 Å². The van der Waals surface area contributed by atoms with Gasteiger partial charge in [-0.15, -0.1) is 0 Å². The molecule has 0 amide bonds. The molecule has 3 nitrogen and oxygen atoms in total. The van der Waals surface area contributed by atoms with Crippen LogP contribution in [0.25, 0.3) is 0 Å². The highest BCUT2D eigenvalue weighted by molar-refractivity contribution is 5.38. The second-order valence-corrected chi connectivity index (χ2v) is 5.15. The van der Waals surface area contributed by atoms with Crippen LogP contribution in [0.1, 0.15) is 37.4 Å². The topological polar surface area (TPSA) is 38.7 Å². The molecule has 0 bridgehead atoms. The van der Waals surface area contributed by atoms with E-state index in [4.69, 9.17) is 9.47 Å². The zero-order chi connectivity index (χ0) is 12.6. The van der Waals surface area contributed by atoms with Gasteiger partial charge in [0.25, 0.3) is 0 Å². The Balaban J connectivity index is 1.92. The molecule has 2 atom stereocenters. The zero-order valence-electron chi connectivity index (χ0n) is 10.2. The van der Waals surface area contributed by atoms with Crippen LogP contribution in [0.5, 0.6) is 5.75 Å². The van der Waals surface area contributed by atoms with Crippen LogP contribution in [0.3, 0.4) is 0 Å². The molecule has 1 aromatic rings. The first-order valence-corrected chi connectivity index (χ1v) is 6.43. The highest BCUT2D eigenvalue weighted by atomic mass is 19.1. The van der Waals surface area contributed by atoms with E-state index in [0.717, 1.165) is 25.9 Å². The molecular weight excluding hydrogens is 235 g/mol. The Morgan fingerprint density at radius 3 is 3.06 bits per heavy atom. The lowest BCUT2D eigenvalue weighted by atomic mass is 9.83. The molecule has 1 N–H and O–H groups in total. The molecule has 4 heteroatoms. The van der Waals surface area contributed by atoms with Gasteiger partial charge >= 0.3 is 0 Å². The van der Waals surface area contributed by atoms with Crippen molar-refractivity contribution in [3.8, 4) is 5.75 Å². The van der Waals surface area contributed by atoms with Gasteiger partial charge in [-0.05, 0) is 31.0 Å². The van der Waals surface area contributed by atoms with Crippen molar-refractivity contribution in [3.63, 3.8) is 0 Å². The van der Waals surface area contributed by atoms with Gasteiger partial charge in [0.15, 0.2) is 0 Å². The number of ether oxygens (including phenoxy) is 2. The second-order valence-electron chi connectivity index (χ2n) is 5.15. The smallest absolute Gasteiger partial charge is 0.126 e. The molecule has 1 unspecified atom stereocenters. The van der Waals surface area contributed by atoms with Gasteiger partial charge in [0.2, 0.25) is 0 Å². The monoisotopic (exact) mass is 252 g/mol. The molecule has 0 aromatic heterocycles. The normalized spacial score (nSPS) is 31.6. The van der Waals surface area contributed by atoms with Gasteiger partial charge in [0, 0.05) is 25.0 Å². The molecule has 0 aliphatic carbocycles. The number of aliphatic hydroxyl groups is 1. The molecule has 0 radical (unpaired) electrons. The fourth-order valence-corrected chi connectivity index (χ4v) is 2.90. The van der Waals surface area contributed by atoms with Gasteiger partial charge in [-0.25, -0.2) is 4.39 Å². The molecule has 2 heterocycles. The van der Waals surface area contributed by atoms with Gasteiger partial charge in [0.05, 0.1) is 12.7 Å². The van der Waals surface area contributed by atoms with Crippen LogP contribution in [0, 0.1) is 5.82 Å². The van der Waals surface area contributed by atoms with Gasteiger partial charge < -0.3 is 14.6 Å². The predicted molar refractivity (Wildman–Crippen MR) is 64.0 cm³/mol. The summed E-state index contributed by atoms with van der Waals surface area (Å²) in [5.74, 6) is 0.272. The molecule has 1 aromatic carbocycles. The third-order valence-corrected chi connectivity index (χ3v) is 3.85. The number of rotatable bonds is 0. The van der Waals surface area contributed by atoms with Crippen molar-refractivity contribution in [3.05, 3.63) is 29.6 Å². The summed E-state index contributed by atoms with van der Waals surface area (Å²) >= 11 is 0. The summed E-state index contributed by atoms with van der Waals surface area (Å²) in [4.78, 5) is 0. The fraction of sp³-hybridized carbons (Fsp3) is 0.571. The number of aliphatic hydroxyl groups excluding tert-OH is 1. The first kappa shape index (κ1) is 11.9. The summed E-state index contributed by atoms with van der Waals surface area (Å²) in [6.07, 6.45) is 2.46. The maximum Gasteiger partial charge on any atom is 0.126 e. The average molecular weight is 252 g/mol. The van der Waals surface area contributed by atoms with Crippen molar-refractivity contribution < 1.29 is 19.0 Å². The lowest BCUT2D eigenvalue weighted by molar-refractivity contribution is -0.0273. The highest BCUT2D eigenvalue weighted by Gasteiger charge is 2.40. The van der Waals surface area contributed by atoms with E-state index in [1.165, 1.54) is 12.1 Å². The van der Waals surface area contributed by atoms with Gasteiger partial charge in [0.1, 0.15) is 17.2 Å². The van der Waals surface area contributed by atoms with E-state index in [1.54, 1.807) is 6.07 Å². The zero-order valence-corrected chi connectivity index (χ0v) is 10.2. The van der Waals surface area contributed by atoms with Gasteiger partial charge in [-0.3, -0.25) is 0 Å². The molecule has 1 saturated heterocycles. The van der Waals surface area contributed by atoms with E-state index in [2.05, 4.69) is 0 Å². The second kappa shape index (κ2) is 4.52. The Morgan fingerprint density at radius 2 is 2.17 bits per heavy atom. The van der Waals surface area contributed by atoms with E-state index in [0.29, 0.717) is 24.3 Å². The summed E-state index contributed by atoms with van der Waals surface area (Å²) < 4.78 is 24.7. The van der Waals surface area contributed by atoms with Crippen LogP contribution >= 0.6 is 0 Å². The Bertz CT molecular complexity index is 439. The minimum absolute atomic E-state index is 0.337. The third-order valence-electron chi connectivity index (χ3n) is 3.85. The SMILES string of the molecule is O[C@H]1CC2(CCCOCC2)Oc2ccc(F)cc21. The van der Waals surface area contributed by atoms with Gasteiger partial charge in [-0.2, -0.15) is 0 Å². The standard InChI is InChI=1S/C14H17FO3/c15-10-2-3-13-11(8-10)12(16)9-14(18-13)4-1-6-17-7-5-14/h2-3,8,12,16H,1,4-7,9H2/t12-,14?/m0/s1. The minimum Gasteiger partial charge on any atom is -0.487 e. The van der Waals surface area contributed by atoms with Crippen molar-refractivity contribution in [2.75, 3.05) is 13.2 Å². The molecular formula is C14H17FO3. The number of halogens is 1. The van der Waals surface area contributed by atoms with Crippen LogP contribution in [0.15, 0.2) is 18.2 Å². The molecule has 1 fully saturated rings. The molecule has 18 heavy (non-hydrogen) atoms. The summed E-state index contributed by atoms with van der Waals surface area (Å²) in [7, 11) is 0. The average Bonchev–Trinajstić information content (AvgIpc) is 2.56. The van der Waals surface area contributed by atoms with E-state index in [-0.39, 0.29) is 11.4 Å². The Kier molecular flexibility index (Phi) is 2.99. The fourth-order valence-electron chi connectivity index (χ4n) is 2.90. The number of benzene rings is 1. The quantitative estimate of drug-likeness (QED) is 0.771. The predicted octanol–water partition coefficient (Wildman–Crippen LogP) is 2.58. The van der Waals surface area contributed by atoms with Crippen molar-refractivity contribution >= 4 is 0 Å². The van der Waals surface area contributed by atoms with Crippen molar-refractivity contribution in [2.24, 2.45) is 0 Å². The maximum absolute atomic E-state index is 13.2. The maximum atomic E-state index is 13.2. The lowest BCUT2D eigenvalue weighted by Gasteiger charge is -2.40. The van der Waals surface area contributed by atoms with Gasteiger partial charge in [-0.1, -0.05) is 0 Å². The van der Waals surface area contributed by atoms with Crippen LogP contribution in [-0.2, 0) is 4.74 Å². The number of hydrogen-bond donors (Lipinski definition) is 1. The first-order chi connectivity index (χ1) is 8.69. The summed E-state index contributed by atoms with van der Waals surface area (Å²) in [6, 6.07) is 4.35. The van der Waals surface area contributed by atoms with Crippen molar-refractivity contribution in [1.29, 1.82) is 0 Å². The van der Waals surface area contributed by atoms with Crippen LogP contribution < -0.4 is 4.74 Å². The van der Waals surface area contributed by atoms with Crippen LogP contribution in [0.2, 0.25) is 0 Å². The summed E-state index contributed by atoms with van der Waals surface area (Å²) in [6.45, 7) is 1.40. The van der Waals surface area contributed by atoms with Crippen molar-refractivity contribution in [2.45, 2.75) is 37.4 Å². The minimum atomic E-state index is -0.650. The number of fused-ring (bicyclic) bond motifs is 1. The molecule has 2 aliphatic rings. The molecule has 1 spiro atoms. The van der Waals surface area contributed by atoms with E-state index >= 15 is 0 Å². The van der Waals surface area contributed by atoms with Crippen LogP contribution in [-0.4, -0.2) is 23.9 Å². The molecule has 0 saturated carbocycles.